The summed E-state index contributed by atoms with van der Waals surface area (Å²) in [6.45, 7) is 0.543. The minimum absolute atomic E-state index is 0.00917. The molecule has 2 aromatic rings. The molecule has 1 aromatic carbocycles. The Morgan fingerprint density at radius 3 is 2.70 bits per heavy atom. The van der Waals surface area contributed by atoms with Crippen LogP contribution in [0.15, 0.2) is 77.6 Å². The average Bonchev–Trinajstić information content (AvgIpc) is 3.35. The zero-order valence-electron chi connectivity index (χ0n) is 15.3. The van der Waals surface area contributed by atoms with Gasteiger partial charge in [-0.2, -0.15) is 0 Å². The lowest BCUT2D eigenvalue weighted by Gasteiger charge is -2.35. The molecule has 1 aromatic heterocycles. The van der Waals surface area contributed by atoms with E-state index in [0.717, 1.165) is 16.3 Å². The topological polar surface area (TPSA) is 47.6 Å². The molecule has 0 saturated carbocycles. The van der Waals surface area contributed by atoms with Crippen molar-refractivity contribution in [3.8, 4) is 0 Å². The highest BCUT2D eigenvalue weighted by atomic mass is 32.1. The number of allylic oxidation sites excluding steroid dienone is 2. The van der Waals surface area contributed by atoms with E-state index in [2.05, 4.69) is 39.9 Å². The molecule has 2 aliphatic heterocycles. The molecule has 0 aliphatic carbocycles. The first-order valence-electron chi connectivity index (χ1n) is 8.86. The third-order valence-electron chi connectivity index (χ3n) is 4.57. The molecule has 6 heteroatoms. The first-order chi connectivity index (χ1) is 13.1. The van der Waals surface area contributed by atoms with Gasteiger partial charge in [-0.15, -0.1) is 11.3 Å². The average molecular weight is 379 g/mol. The van der Waals surface area contributed by atoms with Crippen LogP contribution in [0.3, 0.4) is 0 Å². The number of benzene rings is 1. The number of hydrogen-bond donors (Lipinski definition) is 2. The quantitative estimate of drug-likeness (QED) is 0.840. The molecule has 0 saturated heterocycles. The fourth-order valence-corrected chi connectivity index (χ4v) is 3.86. The lowest BCUT2D eigenvalue weighted by atomic mass is 10.00. The van der Waals surface area contributed by atoms with Crippen molar-refractivity contribution in [3.63, 3.8) is 0 Å². The van der Waals surface area contributed by atoms with Crippen molar-refractivity contribution >= 4 is 22.8 Å². The zero-order valence-corrected chi connectivity index (χ0v) is 16.2. The van der Waals surface area contributed by atoms with Crippen LogP contribution in [0.25, 0.3) is 5.57 Å². The summed E-state index contributed by atoms with van der Waals surface area (Å²) in [6, 6.07) is 14.3. The van der Waals surface area contributed by atoms with Gasteiger partial charge in [-0.3, -0.25) is 15.2 Å². The number of carbonyl (C=O) groups excluding carboxylic acids is 1. The fraction of sp³-hybridized carbons (Fsp3) is 0.190. The second kappa shape index (κ2) is 7.32. The van der Waals surface area contributed by atoms with Gasteiger partial charge in [0.1, 0.15) is 11.5 Å². The van der Waals surface area contributed by atoms with Crippen molar-refractivity contribution in [3.05, 3.63) is 88.0 Å². The molecule has 0 fully saturated rings. The summed E-state index contributed by atoms with van der Waals surface area (Å²) in [4.78, 5) is 15.8. The predicted octanol–water partition coefficient (Wildman–Crippen LogP) is 2.94. The third kappa shape index (κ3) is 3.61. The van der Waals surface area contributed by atoms with Gasteiger partial charge in [0.25, 0.3) is 5.91 Å². The molecule has 27 heavy (non-hydrogen) atoms. The summed E-state index contributed by atoms with van der Waals surface area (Å²) in [5.41, 5.74) is 6.15. The van der Waals surface area contributed by atoms with Crippen LogP contribution < -0.4 is 10.7 Å². The van der Waals surface area contributed by atoms with E-state index >= 15 is 0 Å². The largest absolute Gasteiger partial charge is 0.363 e. The predicted molar refractivity (Wildman–Crippen MR) is 109 cm³/mol. The molecule has 4 rings (SSSR count). The standard InChI is InChI=1S/C21H22N4OS/c1-24(2)20-12-16(15-7-4-3-5-8-15)11-17-13-19(23-25(17)20)21(26)22-14-18-9-6-10-27-18/h3-13,17,23H,14H2,1-2H3,(H,22,26). The van der Waals surface area contributed by atoms with Crippen molar-refractivity contribution in [2.75, 3.05) is 14.1 Å². The van der Waals surface area contributed by atoms with Gasteiger partial charge in [-0.25, -0.2) is 0 Å². The van der Waals surface area contributed by atoms with Crippen LogP contribution in [0.2, 0.25) is 0 Å². The summed E-state index contributed by atoms with van der Waals surface area (Å²) in [5.74, 6) is 0.921. The number of hydrazine groups is 1. The van der Waals surface area contributed by atoms with Crippen LogP contribution in [-0.4, -0.2) is 36.0 Å². The van der Waals surface area contributed by atoms with Crippen molar-refractivity contribution in [2.24, 2.45) is 0 Å². The van der Waals surface area contributed by atoms with Gasteiger partial charge in [-0.1, -0.05) is 36.4 Å². The van der Waals surface area contributed by atoms with Crippen molar-refractivity contribution in [1.82, 2.24) is 20.7 Å². The monoisotopic (exact) mass is 378 g/mol. The lowest BCUT2D eigenvalue weighted by molar-refractivity contribution is -0.118. The molecule has 1 amide bonds. The minimum Gasteiger partial charge on any atom is -0.363 e. The Bertz CT molecular complexity index is 913. The van der Waals surface area contributed by atoms with Gasteiger partial charge < -0.3 is 10.2 Å². The molecule has 5 nitrogen and oxygen atoms in total. The number of carbonyl (C=O) groups is 1. The molecular weight excluding hydrogens is 356 g/mol. The van der Waals surface area contributed by atoms with Crippen LogP contribution in [0.4, 0.5) is 0 Å². The van der Waals surface area contributed by atoms with Crippen molar-refractivity contribution in [2.45, 2.75) is 12.6 Å². The van der Waals surface area contributed by atoms with E-state index in [4.69, 9.17) is 0 Å². The van der Waals surface area contributed by atoms with Crippen LogP contribution in [0.1, 0.15) is 10.4 Å². The molecule has 138 valence electrons. The first kappa shape index (κ1) is 17.4. The summed E-state index contributed by atoms with van der Waals surface area (Å²) in [5, 5.41) is 7.02. The zero-order chi connectivity index (χ0) is 18.8. The Morgan fingerprint density at radius 2 is 2.00 bits per heavy atom. The molecular formula is C21H22N4OS. The van der Waals surface area contributed by atoms with Gasteiger partial charge in [0.05, 0.1) is 12.6 Å². The molecule has 3 heterocycles. The van der Waals surface area contributed by atoms with E-state index in [-0.39, 0.29) is 11.9 Å². The second-order valence-electron chi connectivity index (χ2n) is 6.70. The summed E-state index contributed by atoms with van der Waals surface area (Å²) < 4.78 is 0. The SMILES string of the molecule is CN(C)C1=CC(c2ccccc2)=CC2C=C(C(=O)NCc3cccs3)NN12. The van der Waals surface area contributed by atoms with E-state index in [1.54, 1.807) is 11.3 Å². The number of rotatable bonds is 5. The Labute approximate surface area is 163 Å². The molecule has 0 spiro atoms. The molecule has 0 bridgehead atoms. The highest BCUT2D eigenvalue weighted by Crippen LogP contribution is 2.30. The molecule has 0 radical (unpaired) electrons. The van der Waals surface area contributed by atoms with Crippen LogP contribution in [-0.2, 0) is 11.3 Å². The Hall–Kier alpha value is -2.99. The summed E-state index contributed by atoms with van der Waals surface area (Å²) in [7, 11) is 4.01. The minimum atomic E-state index is -0.0921. The molecule has 1 atom stereocenters. The van der Waals surface area contributed by atoms with Gasteiger partial charge >= 0.3 is 0 Å². The number of nitrogens with zero attached hydrogens (tertiary/aromatic N) is 2. The van der Waals surface area contributed by atoms with Crippen LogP contribution in [0.5, 0.6) is 0 Å². The van der Waals surface area contributed by atoms with Crippen LogP contribution >= 0.6 is 11.3 Å². The maximum atomic E-state index is 12.6. The van der Waals surface area contributed by atoms with Crippen molar-refractivity contribution in [1.29, 1.82) is 0 Å². The van der Waals surface area contributed by atoms with E-state index in [1.165, 1.54) is 5.56 Å². The first-order valence-corrected chi connectivity index (χ1v) is 9.74. The van der Waals surface area contributed by atoms with E-state index in [0.29, 0.717) is 12.2 Å². The highest BCUT2D eigenvalue weighted by Gasteiger charge is 2.32. The summed E-state index contributed by atoms with van der Waals surface area (Å²) in [6.07, 6.45) is 6.29. The van der Waals surface area contributed by atoms with Crippen molar-refractivity contribution < 1.29 is 4.79 Å². The number of fused-ring (bicyclic) bond motifs is 1. The summed E-state index contributed by atoms with van der Waals surface area (Å²) >= 11 is 1.64. The maximum absolute atomic E-state index is 12.6. The maximum Gasteiger partial charge on any atom is 0.269 e. The Morgan fingerprint density at radius 1 is 1.19 bits per heavy atom. The number of thiophene rings is 1. The molecule has 2 N–H and O–H groups in total. The second-order valence-corrected chi connectivity index (χ2v) is 7.73. The van der Waals surface area contributed by atoms with Gasteiger partial charge in [0, 0.05) is 19.0 Å². The van der Waals surface area contributed by atoms with Gasteiger partial charge in [0.15, 0.2) is 0 Å². The Balaban J connectivity index is 1.55. The molecule has 1 unspecified atom stereocenters. The number of nitrogens with one attached hydrogen (secondary N) is 2. The lowest BCUT2D eigenvalue weighted by Crippen LogP contribution is -2.44. The van der Waals surface area contributed by atoms with Gasteiger partial charge in [-0.05, 0) is 40.8 Å². The Kier molecular flexibility index (Phi) is 4.73. The van der Waals surface area contributed by atoms with E-state index in [1.807, 2.05) is 60.9 Å². The number of amides is 1. The van der Waals surface area contributed by atoms with E-state index in [9.17, 15) is 4.79 Å². The van der Waals surface area contributed by atoms with E-state index < -0.39 is 0 Å². The van der Waals surface area contributed by atoms with Crippen LogP contribution in [0, 0.1) is 0 Å². The highest BCUT2D eigenvalue weighted by molar-refractivity contribution is 7.09. The molecule has 2 aliphatic rings. The fourth-order valence-electron chi connectivity index (χ4n) is 3.22. The smallest absolute Gasteiger partial charge is 0.269 e. The number of hydrogen-bond acceptors (Lipinski definition) is 5. The van der Waals surface area contributed by atoms with Gasteiger partial charge in [0.2, 0.25) is 0 Å². The third-order valence-corrected chi connectivity index (χ3v) is 5.45. The normalized spacial score (nSPS) is 18.1.